The standard InChI is InChI=1S/C23H27N7O2/c1-28-7-3-6-19(31)29-8-10-30(11-9-29)22-20-18(23(32)27-21(20)25-15-26-22)13-24-17-5-2-4-16(12-17)14-28/h2,4-5,12-13,15,24H,3,6-11,14H2,1H3,(H,25,26,27,32)/b18-13+. The number of fused-ring (bicyclic) bond motifs is 8. The van der Waals surface area contributed by atoms with Gasteiger partial charge in [-0.2, -0.15) is 0 Å². The maximum Gasteiger partial charge on any atom is 0.259 e. The fourth-order valence-electron chi connectivity index (χ4n) is 4.52. The van der Waals surface area contributed by atoms with Crippen LogP contribution in [0.4, 0.5) is 17.3 Å². The zero-order chi connectivity index (χ0) is 22.1. The summed E-state index contributed by atoms with van der Waals surface area (Å²) in [7, 11) is 2.07. The molecule has 2 aromatic rings. The van der Waals surface area contributed by atoms with Gasteiger partial charge in [0.1, 0.15) is 18.0 Å². The van der Waals surface area contributed by atoms with Gasteiger partial charge in [0.05, 0.1) is 11.1 Å². The van der Waals surface area contributed by atoms with Crippen molar-refractivity contribution in [2.75, 3.05) is 55.3 Å². The largest absolute Gasteiger partial charge is 0.361 e. The summed E-state index contributed by atoms with van der Waals surface area (Å²) in [5.41, 5.74) is 3.30. The Labute approximate surface area is 187 Å². The second-order valence-corrected chi connectivity index (χ2v) is 8.49. The molecule has 2 amide bonds. The van der Waals surface area contributed by atoms with Gasteiger partial charge in [0.2, 0.25) is 5.91 Å². The average molecular weight is 434 g/mol. The molecule has 1 aromatic heterocycles. The van der Waals surface area contributed by atoms with Crippen LogP contribution in [0.25, 0.3) is 5.57 Å². The molecule has 4 bridgehead atoms. The molecule has 9 heteroatoms. The van der Waals surface area contributed by atoms with Crippen molar-refractivity contribution >= 4 is 34.7 Å². The van der Waals surface area contributed by atoms with Crippen molar-refractivity contribution in [3.8, 4) is 0 Å². The molecular formula is C23H27N7O2. The summed E-state index contributed by atoms with van der Waals surface area (Å²) >= 11 is 0. The Morgan fingerprint density at radius 2 is 1.81 bits per heavy atom. The molecule has 166 valence electrons. The number of amides is 2. The van der Waals surface area contributed by atoms with Gasteiger partial charge in [0.15, 0.2) is 0 Å². The van der Waals surface area contributed by atoms with Gasteiger partial charge in [-0.15, -0.1) is 0 Å². The first kappa shape index (κ1) is 20.4. The minimum atomic E-state index is -0.201. The van der Waals surface area contributed by atoms with E-state index in [1.807, 2.05) is 17.0 Å². The van der Waals surface area contributed by atoms with E-state index in [2.05, 4.69) is 49.6 Å². The van der Waals surface area contributed by atoms with Crippen LogP contribution in [-0.2, 0) is 16.1 Å². The quantitative estimate of drug-likeness (QED) is 0.654. The van der Waals surface area contributed by atoms with Crippen molar-refractivity contribution in [1.82, 2.24) is 19.8 Å². The molecule has 2 N–H and O–H groups in total. The molecule has 0 aliphatic carbocycles. The Hall–Kier alpha value is -3.46. The molecule has 9 nitrogen and oxygen atoms in total. The number of carbonyl (C=O) groups excluding carboxylic acids is 2. The van der Waals surface area contributed by atoms with Gasteiger partial charge >= 0.3 is 0 Å². The Balaban J connectivity index is 1.51. The Morgan fingerprint density at radius 3 is 2.66 bits per heavy atom. The number of anilines is 3. The normalized spacial score (nSPS) is 21.2. The number of rotatable bonds is 0. The van der Waals surface area contributed by atoms with Crippen LogP contribution in [0, 0.1) is 0 Å². The van der Waals surface area contributed by atoms with Crippen molar-refractivity contribution in [2.45, 2.75) is 19.4 Å². The van der Waals surface area contributed by atoms with Crippen LogP contribution in [0.15, 0.2) is 36.8 Å². The lowest BCUT2D eigenvalue weighted by Gasteiger charge is -2.36. The number of nitrogens with one attached hydrogen (secondary N) is 2. The molecule has 4 aliphatic rings. The monoisotopic (exact) mass is 433 g/mol. The van der Waals surface area contributed by atoms with E-state index in [4.69, 9.17) is 0 Å². The van der Waals surface area contributed by atoms with E-state index in [1.54, 1.807) is 6.20 Å². The predicted octanol–water partition coefficient (Wildman–Crippen LogP) is 1.76. The van der Waals surface area contributed by atoms with Crippen molar-refractivity contribution in [1.29, 1.82) is 0 Å². The van der Waals surface area contributed by atoms with Gasteiger partial charge in [-0.3, -0.25) is 9.59 Å². The maximum atomic E-state index is 12.7. The minimum Gasteiger partial charge on any atom is -0.361 e. The van der Waals surface area contributed by atoms with Crippen LogP contribution in [0.1, 0.15) is 24.0 Å². The molecule has 6 rings (SSSR count). The lowest BCUT2D eigenvalue weighted by Crippen LogP contribution is -2.49. The molecule has 0 atom stereocenters. The topological polar surface area (TPSA) is 93.7 Å². The maximum absolute atomic E-state index is 12.7. The van der Waals surface area contributed by atoms with Crippen LogP contribution in [0.3, 0.4) is 0 Å². The Morgan fingerprint density at radius 1 is 1.00 bits per heavy atom. The molecule has 5 heterocycles. The molecule has 0 unspecified atom stereocenters. The van der Waals surface area contributed by atoms with E-state index >= 15 is 0 Å². The zero-order valence-electron chi connectivity index (χ0n) is 18.2. The highest BCUT2D eigenvalue weighted by Crippen LogP contribution is 2.36. The van der Waals surface area contributed by atoms with E-state index in [1.165, 1.54) is 6.33 Å². The van der Waals surface area contributed by atoms with E-state index < -0.39 is 0 Å². The number of aromatic nitrogens is 2. The van der Waals surface area contributed by atoms with Crippen LogP contribution in [0.5, 0.6) is 0 Å². The van der Waals surface area contributed by atoms with Gasteiger partial charge in [0, 0.05) is 51.0 Å². The number of nitrogens with zero attached hydrogens (tertiary/aromatic N) is 5. The summed E-state index contributed by atoms with van der Waals surface area (Å²) in [4.78, 5) is 40.5. The highest BCUT2D eigenvalue weighted by molar-refractivity contribution is 6.32. The van der Waals surface area contributed by atoms with E-state index in [-0.39, 0.29) is 11.8 Å². The number of carbonyl (C=O) groups is 2. The van der Waals surface area contributed by atoms with Gasteiger partial charge < -0.3 is 25.3 Å². The summed E-state index contributed by atoms with van der Waals surface area (Å²) in [5, 5.41) is 6.14. The number of hydrogen-bond acceptors (Lipinski definition) is 7. The minimum absolute atomic E-state index is 0.201. The lowest BCUT2D eigenvalue weighted by molar-refractivity contribution is -0.131. The second-order valence-electron chi connectivity index (χ2n) is 8.49. The van der Waals surface area contributed by atoms with E-state index in [9.17, 15) is 9.59 Å². The second kappa shape index (κ2) is 8.58. The van der Waals surface area contributed by atoms with Gasteiger partial charge in [-0.25, -0.2) is 9.97 Å². The fourth-order valence-corrected chi connectivity index (χ4v) is 4.52. The lowest BCUT2D eigenvalue weighted by atomic mass is 10.1. The number of hydrogen-bond donors (Lipinski definition) is 2. The molecule has 0 radical (unpaired) electrons. The average Bonchev–Trinajstić information content (AvgIpc) is 3.12. The summed E-state index contributed by atoms with van der Waals surface area (Å²) in [6.45, 7) is 4.30. The molecule has 0 saturated carbocycles. The van der Waals surface area contributed by atoms with Crippen LogP contribution in [0.2, 0.25) is 0 Å². The molecule has 1 aromatic carbocycles. The van der Waals surface area contributed by atoms with Gasteiger partial charge in [-0.1, -0.05) is 12.1 Å². The van der Waals surface area contributed by atoms with Crippen LogP contribution >= 0.6 is 0 Å². The molecule has 0 spiro atoms. The molecule has 32 heavy (non-hydrogen) atoms. The van der Waals surface area contributed by atoms with Crippen LogP contribution in [-0.4, -0.2) is 71.4 Å². The van der Waals surface area contributed by atoms with E-state index in [0.29, 0.717) is 49.6 Å². The first-order valence-electron chi connectivity index (χ1n) is 11.0. The Kier molecular flexibility index (Phi) is 5.48. The SMILES string of the molecule is CN1CCCC(=O)N2CCN(CC2)c2ncnc3c2/C(=C\Nc2cccc(c2)C1)C(=O)N3. The van der Waals surface area contributed by atoms with Crippen molar-refractivity contribution in [2.24, 2.45) is 0 Å². The predicted molar refractivity (Wildman–Crippen MR) is 123 cm³/mol. The first-order valence-corrected chi connectivity index (χ1v) is 11.0. The number of piperazine rings is 1. The van der Waals surface area contributed by atoms with E-state index in [0.717, 1.165) is 36.6 Å². The van der Waals surface area contributed by atoms with Gasteiger partial charge in [0.25, 0.3) is 5.91 Å². The molecule has 1 fully saturated rings. The third-order valence-corrected chi connectivity index (χ3v) is 6.20. The first-order chi connectivity index (χ1) is 15.6. The Bertz CT molecular complexity index is 1080. The van der Waals surface area contributed by atoms with Gasteiger partial charge in [-0.05, 0) is 37.7 Å². The molecule has 1 saturated heterocycles. The third kappa shape index (κ3) is 4.03. The van der Waals surface area contributed by atoms with Crippen molar-refractivity contribution < 1.29 is 9.59 Å². The van der Waals surface area contributed by atoms with Crippen molar-refractivity contribution in [3.63, 3.8) is 0 Å². The highest BCUT2D eigenvalue weighted by Gasteiger charge is 2.32. The smallest absolute Gasteiger partial charge is 0.259 e. The summed E-state index contributed by atoms with van der Waals surface area (Å²) in [6, 6.07) is 8.14. The van der Waals surface area contributed by atoms with Crippen LogP contribution < -0.4 is 15.5 Å². The van der Waals surface area contributed by atoms with Crippen molar-refractivity contribution in [3.05, 3.63) is 47.9 Å². The summed E-state index contributed by atoms with van der Waals surface area (Å²) in [5.74, 6) is 1.25. The summed E-state index contributed by atoms with van der Waals surface area (Å²) in [6.07, 6.45) is 4.61. The zero-order valence-corrected chi connectivity index (χ0v) is 18.2. The fraction of sp³-hybridized carbons (Fsp3) is 0.391. The highest BCUT2D eigenvalue weighted by atomic mass is 16.2. The molecular weight excluding hydrogens is 406 g/mol. The third-order valence-electron chi connectivity index (χ3n) is 6.20. The number of benzene rings is 1. The summed E-state index contributed by atoms with van der Waals surface area (Å²) < 4.78 is 0. The molecule has 4 aliphatic heterocycles.